The summed E-state index contributed by atoms with van der Waals surface area (Å²) in [5, 5.41) is 6.62. The van der Waals surface area contributed by atoms with Gasteiger partial charge in [0.1, 0.15) is 24.7 Å². The summed E-state index contributed by atoms with van der Waals surface area (Å²) in [6, 6.07) is -0.464. The first-order chi connectivity index (χ1) is 8.11. The van der Waals surface area contributed by atoms with Crippen molar-refractivity contribution < 1.29 is 9.59 Å². The van der Waals surface area contributed by atoms with Gasteiger partial charge in [-0.05, 0) is 13.8 Å². The van der Waals surface area contributed by atoms with Crippen molar-refractivity contribution in [2.24, 2.45) is 0 Å². The van der Waals surface area contributed by atoms with Crippen molar-refractivity contribution in [2.45, 2.75) is 33.0 Å². The first kappa shape index (κ1) is 11.6. The molecular formula is C10H15N5O2. The molecule has 2 amide bonds. The lowest BCUT2D eigenvalue weighted by Gasteiger charge is -2.30. The van der Waals surface area contributed by atoms with Crippen molar-refractivity contribution in [3.05, 3.63) is 12.2 Å². The van der Waals surface area contributed by atoms with Gasteiger partial charge in [0, 0.05) is 6.54 Å². The summed E-state index contributed by atoms with van der Waals surface area (Å²) < 4.78 is 1.71. The molecule has 0 radical (unpaired) electrons. The fourth-order valence-corrected chi connectivity index (χ4v) is 1.85. The van der Waals surface area contributed by atoms with Gasteiger partial charge in [0.25, 0.3) is 0 Å². The molecule has 0 aliphatic carbocycles. The van der Waals surface area contributed by atoms with E-state index in [-0.39, 0.29) is 18.4 Å². The number of nitrogens with zero attached hydrogens (tertiary/aromatic N) is 4. The molecule has 1 unspecified atom stereocenters. The molecule has 1 fully saturated rings. The lowest BCUT2D eigenvalue weighted by atomic mass is 10.2. The molecule has 0 saturated carbocycles. The molecule has 0 bridgehead atoms. The van der Waals surface area contributed by atoms with Crippen LogP contribution in [0.25, 0.3) is 0 Å². The molecule has 1 aromatic heterocycles. The minimum Gasteiger partial charge on any atom is -0.343 e. The first-order valence-electron chi connectivity index (χ1n) is 5.56. The van der Waals surface area contributed by atoms with Crippen LogP contribution < -0.4 is 5.32 Å². The standard InChI is InChI=1S/C10H15N5O2/c1-3-15-8(11-6-12-15)4-14-5-9(16)13-7(2)10(14)17/h6-7H,3-5H2,1-2H3,(H,13,16). The third-order valence-corrected chi connectivity index (χ3v) is 2.72. The van der Waals surface area contributed by atoms with E-state index < -0.39 is 6.04 Å². The summed E-state index contributed by atoms with van der Waals surface area (Å²) in [4.78, 5) is 28.8. The molecule has 1 aliphatic rings. The molecule has 17 heavy (non-hydrogen) atoms. The number of carbonyl (C=O) groups is 2. The van der Waals surface area contributed by atoms with Crippen molar-refractivity contribution in [3.63, 3.8) is 0 Å². The summed E-state index contributed by atoms with van der Waals surface area (Å²) in [5.41, 5.74) is 0. The van der Waals surface area contributed by atoms with Gasteiger partial charge in [-0.15, -0.1) is 0 Å². The van der Waals surface area contributed by atoms with E-state index in [4.69, 9.17) is 0 Å². The maximum absolute atomic E-state index is 11.9. The SMILES string of the molecule is CCn1ncnc1CN1CC(=O)NC(C)C1=O. The van der Waals surface area contributed by atoms with Gasteiger partial charge in [0.15, 0.2) is 0 Å². The van der Waals surface area contributed by atoms with Gasteiger partial charge in [-0.2, -0.15) is 5.10 Å². The molecule has 7 heteroatoms. The van der Waals surface area contributed by atoms with Gasteiger partial charge in [-0.3, -0.25) is 9.59 Å². The Morgan fingerprint density at radius 3 is 3.00 bits per heavy atom. The molecule has 7 nitrogen and oxygen atoms in total. The fraction of sp³-hybridized carbons (Fsp3) is 0.600. The van der Waals surface area contributed by atoms with Crippen LogP contribution in [-0.2, 0) is 22.7 Å². The topological polar surface area (TPSA) is 80.1 Å². The summed E-state index contributed by atoms with van der Waals surface area (Å²) in [7, 11) is 0. The van der Waals surface area contributed by atoms with Crippen molar-refractivity contribution >= 4 is 11.8 Å². The second-order valence-corrected chi connectivity index (χ2v) is 3.98. The number of hydrogen-bond acceptors (Lipinski definition) is 4. The van der Waals surface area contributed by atoms with Crippen LogP contribution in [0, 0.1) is 0 Å². The van der Waals surface area contributed by atoms with Crippen LogP contribution in [0.1, 0.15) is 19.7 Å². The molecule has 92 valence electrons. The molecule has 1 saturated heterocycles. The minimum absolute atomic E-state index is 0.0831. The summed E-state index contributed by atoms with van der Waals surface area (Å²) in [5.74, 6) is 0.470. The van der Waals surface area contributed by atoms with Gasteiger partial charge in [0.05, 0.1) is 6.54 Å². The highest BCUT2D eigenvalue weighted by molar-refractivity contribution is 5.94. The van der Waals surface area contributed by atoms with Crippen LogP contribution >= 0.6 is 0 Å². The maximum atomic E-state index is 11.9. The van der Waals surface area contributed by atoms with Crippen LogP contribution in [0.5, 0.6) is 0 Å². The molecule has 1 aromatic rings. The molecule has 2 heterocycles. The highest BCUT2D eigenvalue weighted by atomic mass is 16.2. The Bertz CT molecular complexity index is 442. The molecule has 2 rings (SSSR count). The first-order valence-corrected chi connectivity index (χ1v) is 5.56. The van der Waals surface area contributed by atoms with E-state index in [1.54, 1.807) is 11.6 Å². The summed E-state index contributed by atoms with van der Waals surface area (Å²) >= 11 is 0. The van der Waals surface area contributed by atoms with E-state index in [9.17, 15) is 9.59 Å². The van der Waals surface area contributed by atoms with Crippen LogP contribution in [0.4, 0.5) is 0 Å². The molecule has 0 aromatic carbocycles. The zero-order valence-electron chi connectivity index (χ0n) is 9.88. The predicted molar refractivity (Wildman–Crippen MR) is 58.7 cm³/mol. The van der Waals surface area contributed by atoms with Crippen molar-refractivity contribution in [3.8, 4) is 0 Å². The van der Waals surface area contributed by atoms with E-state index in [2.05, 4.69) is 15.4 Å². The molecule has 1 aliphatic heterocycles. The smallest absolute Gasteiger partial charge is 0.245 e. The van der Waals surface area contributed by atoms with Crippen LogP contribution in [-0.4, -0.2) is 44.1 Å². The van der Waals surface area contributed by atoms with E-state index in [1.165, 1.54) is 11.2 Å². The molecule has 1 N–H and O–H groups in total. The predicted octanol–water partition coefficient (Wildman–Crippen LogP) is -0.855. The number of carbonyl (C=O) groups excluding carboxylic acids is 2. The van der Waals surface area contributed by atoms with Crippen LogP contribution in [0.15, 0.2) is 6.33 Å². The summed E-state index contributed by atoms with van der Waals surface area (Å²) in [6.45, 7) is 4.73. The number of nitrogens with one attached hydrogen (secondary N) is 1. The molecule has 0 spiro atoms. The molecular weight excluding hydrogens is 222 g/mol. The Kier molecular flexibility index (Phi) is 3.08. The number of aromatic nitrogens is 3. The van der Waals surface area contributed by atoms with Gasteiger partial charge in [-0.1, -0.05) is 0 Å². The average molecular weight is 237 g/mol. The summed E-state index contributed by atoms with van der Waals surface area (Å²) in [6.07, 6.45) is 1.46. The maximum Gasteiger partial charge on any atom is 0.245 e. The van der Waals surface area contributed by atoms with Crippen LogP contribution in [0.2, 0.25) is 0 Å². The van der Waals surface area contributed by atoms with Gasteiger partial charge in [0.2, 0.25) is 11.8 Å². The third-order valence-electron chi connectivity index (χ3n) is 2.72. The van der Waals surface area contributed by atoms with Crippen molar-refractivity contribution in [2.75, 3.05) is 6.54 Å². The third kappa shape index (κ3) is 2.27. The minimum atomic E-state index is -0.464. The highest BCUT2D eigenvalue weighted by Crippen LogP contribution is 2.07. The lowest BCUT2D eigenvalue weighted by Crippen LogP contribution is -2.56. The monoisotopic (exact) mass is 237 g/mol. The Morgan fingerprint density at radius 2 is 2.29 bits per heavy atom. The number of hydrogen-bond donors (Lipinski definition) is 1. The van der Waals surface area contributed by atoms with E-state index >= 15 is 0 Å². The Balaban J connectivity index is 2.12. The normalized spacial score (nSPS) is 20.6. The second-order valence-electron chi connectivity index (χ2n) is 3.98. The largest absolute Gasteiger partial charge is 0.343 e. The number of piperazine rings is 1. The van der Waals surface area contributed by atoms with Gasteiger partial charge in [-0.25, -0.2) is 9.67 Å². The van der Waals surface area contributed by atoms with E-state index in [0.29, 0.717) is 18.9 Å². The average Bonchev–Trinajstić information content (AvgIpc) is 2.72. The van der Waals surface area contributed by atoms with E-state index in [1.807, 2.05) is 6.92 Å². The highest BCUT2D eigenvalue weighted by Gasteiger charge is 2.30. The number of aryl methyl sites for hydroxylation is 1. The Morgan fingerprint density at radius 1 is 1.53 bits per heavy atom. The zero-order valence-corrected chi connectivity index (χ0v) is 9.88. The lowest BCUT2D eigenvalue weighted by molar-refractivity contribution is -0.144. The number of rotatable bonds is 3. The zero-order chi connectivity index (χ0) is 12.4. The van der Waals surface area contributed by atoms with Crippen molar-refractivity contribution in [1.29, 1.82) is 0 Å². The Hall–Kier alpha value is -1.92. The van der Waals surface area contributed by atoms with Crippen LogP contribution in [0.3, 0.4) is 0 Å². The van der Waals surface area contributed by atoms with Crippen molar-refractivity contribution in [1.82, 2.24) is 25.0 Å². The molecule has 1 atom stereocenters. The second kappa shape index (κ2) is 4.52. The van der Waals surface area contributed by atoms with Gasteiger partial charge >= 0.3 is 0 Å². The van der Waals surface area contributed by atoms with E-state index in [0.717, 1.165) is 0 Å². The Labute approximate surface area is 98.8 Å². The van der Waals surface area contributed by atoms with Gasteiger partial charge < -0.3 is 10.2 Å². The fourth-order valence-electron chi connectivity index (χ4n) is 1.85. The number of amides is 2. The quantitative estimate of drug-likeness (QED) is 0.742.